The van der Waals surface area contributed by atoms with E-state index in [-0.39, 0.29) is 5.75 Å². The smallest absolute Gasteiger partial charge is 0.336 e. The first kappa shape index (κ1) is 13.4. The maximum absolute atomic E-state index is 10.8. The molecule has 100 valence electrons. The molecule has 1 aromatic heterocycles. The van der Waals surface area contributed by atoms with Crippen molar-refractivity contribution in [2.24, 2.45) is 0 Å². The molecule has 0 bridgehead atoms. The van der Waals surface area contributed by atoms with Gasteiger partial charge in [0.05, 0.1) is 0 Å². The van der Waals surface area contributed by atoms with Crippen LogP contribution in [-0.2, 0) is 17.8 Å². The summed E-state index contributed by atoms with van der Waals surface area (Å²) < 4.78 is 2.04. The van der Waals surface area contributed by atoms with Crippen molar-refractivity contribution in [3.05, 3.63) is 5.82 Å². The van der Waals surface area contributed by atoms with Crippen molar-refractivity contribution in [2.75, 3.05) is 5.75 Å². The van der Waals surface area contributed by atoms with Gasteiger partial charge in [0.15, 0.2) is 10.8 Å². The lowest BCUT2D eigenvalue weighted by Gasteiger charge is -2.16. The van der Waals surface area contributed by atoms with Crippen molar-refractivity contribution in [3.63, 3.8) is 0 Å². The Bertz CT molecular complexity index is 445. The molecule has 1 aromatic rings. The highest BCUT2D eigenvalue weighted by Gasteiger charge is 2.31. The van der Waals surface area contributed by atoms with Crippen LogP contribution in [0.3, 0.4) is 0 Å². The third-order valence-corrected chi connectivity index (χ3v) is 4.29. The van der Waals surface area contributed by atoms with Gasteiger partial charge in [0, 0.05) is 18.7 Å². The minimum Gasteiger partial charge on any atom is -0.479 e. The van der Waals surface area contributed by atoms with E-state index < -0.39 is 11.6 Å². The Hall–Kier alpha value is -1.08. The van der Waals surface area contributed by atoms with Gasteiger partial charge in [-0.25, -0.2) is 4.79 Å². The number of thioether (sulfide) groups is 1. The molecule has 0 saturated carbocycles. The predicted molar refractivity (Wildman–Crippen MR) is 66.6 cm³/mol. The van der Waals surface area contributed by atoms with E-state index >= 15 is 0 Å². The molecule has 2 N–H and O–H groups in total. The van der Waals surface area contributed by atoms with Gasteiger partial charge >= 0.3 is 5.97 Å². The van der Waals surface area contributed by atoms with Crippen molar-refractivity contribution in [1.82, 2.24) is 14.8 Å². The largest absolute Gasteiger partial charge is 0.479 e. The van der Waals surface area contributed by atoms with Crippen LogP contribution in [0.5, 0.6) is 0 Å². The monoisotopic (exact) mass is 271 g/mol. The molecule has 1 atom stereocenters. The van der Waals surface area contributed by atoms with Crippen LogP contribution in [0.2, 0.25) is 0 Å². The average Bonchev–Trinajstić information content (AvgIpc) is 2.55. The number of hydrogen-bond donors (Lipinski definition) is 2. The number of carboxylic acids is 1. The Morgan fingerprint density at radius 2 is 2.22 bits per heavy atom. The van der Waals surface area contributed by atoms with Gasteiger partial charge in [0.1, 0.15) is 5.82 Å². The zero-order valence-electron chi connectivity index (χ0n) is 10.3. The summed E-state index contributed by atoms with van der Waals surface area (Å²) in [7, 11) is 0. The second-order valence-electron chi connectivity index (χ2n) is 4.73. The number of aliphatic carboxylic acids is 1. The van der Waals surface area contributed by atoms with Crippen molar-refractivity contribution >= 4 is 17.7 Å². The first-order valence-corrected chi connectivity index (χ1v) is 7.00. The van der Waals surface area contributed by atoms with E-state index in [4.69, 9.17) is 5.11 Å². The molecule has 2 heterocycles. The molecule has 7 heteroatoms. The number of aromatic nitrogens is 3. The third-order valence-electron chi connectivity index (χ3n) is 3.02. The van der Waals surface area contributed by atoms with Gasteiger partial charge in [-0.15, -0.1) is 10.2 Å². The highest BCUT2D eigenvalue weighted by atomic mass is 32.2. The predicted octanol–water partition coefficient (Wildman–Crippen LogP) is 0.932. The minimum atomic E-state index is -1.73. The van der Waals surface area contributed by atoms with Crippen molar-refractivity contribution in [2.45, 2.75) is 49.9 Å². The fourth-order valence-electron chi connectivity index (χ4n) is 1.83. The molecule has 0 saturated heterocycles. The van der Waals surface area contributed by atoms with Crippen molar-refractivity contribution in [1.29, 1.82) is 0 Å². The Balaban J connectivity index is 2.06. The number of carbonyl (C=O) groups is 1. The van der Waals surface area contributed by atoms with Gasteiger partial charge in [-0.3, -0.25) is 0 Å². The minimum absolute atomic E-state index is 0.0699. The van der Waals surface area contributed by atoms with Crippen LogP contribution in [0.4, 0.5) is 0 Å². The number of aryl methyl sites for hydroxylation is 1. The standard InChI is InChI=1S/C11H17N3O3S/c1-11(17,9(15)16)7-18-10-13-12-8-5-3-2-4-6-14(8)10/h17H,2-7H2,1H3,(H,15,16). The van der Waals surface area contributed by atoms with Gasteiger partial charge in [-0.2, -0.15) is 0 Å². The fraction of sp³-hybridized carbons (Fsp3) is 0.727. The average molecular weight is 271 g/mol. The molecular formula is C11H17N3O3S. The second kappa shape index (κ2) is 5.27. The summed E-state index contributed by atoms with van der Waals surface area (Å²) >= 11 is 1.24. The van der Waals surface area contributed by atoms with Crippen LogP contribution in [0.25, 0.3) is 0 Å². The topological polar surface area (TPSA) is 88.2 Å². The molecule has 18 heavy (non-hydrogen) atoms. The van der Waals surface area contributed by atoms with Gasteiger partial charge in [0.25, 0.3) is 0 Å². The fourth-order valence-corrected chi connectivity index (χ4v) is 2.82. The summed E-state index contributed by atoms with van der Waals surface area (Å²) in [5.74, 6) is -0.184. The van der Waals surface area contributed by atoms with Crippen molar-refractivity contribution < 1.29 is 15.0 Å². The zero-order chi connectivity index (χ0) is 13.2. The van der Waals surface area contributed by atoms with E-state index in [1.165, 1.54) is 25.1 Å². The highest BCUT2D eigenvalue weighted by molar-refractivity contribution is 7.99. The quantitative estimate of drug-likeness (QED) is 0.792. The first-order valence-electron chi connectivity index (χ1n) is 6.01. The molecule has 1 unspecified atom stereocenters. The number of hydrogen-bond acceptors (Lipinski definition) is 5. The first-order chi connectivity index (χ1) is 8.50. The van der Waals surface area contributed by atoms with E-state index in [2.05, 4.69) is 10.2 Å². The number of aliphatic hydroxyl groups is 1. The van der Waals surface area contributed by atoms with Crippen LogP contribution in [0.1, 0.15) is 32.0 Å². The summed E-state index contributed by atoms with van der Waals surface area (Å²) in [6.45, 7) is 2.17. The third kappa shape index (κ3) is 2.84. The SMILES string of the molecule is CC(O)(CSc1nnc2n1CCCCC2)C(=O)O. The molecule has 1 aliphatic heterocycles. The number of rotatable bonds is 4. The summed E-state index contributed by atoms with van der Waals surface area (Å²) in [6, 6.07) is 0. The lowest BCUT2D eigenvalue weighted by molar-refractivity contribution is -0.154. The Morgan fingerprint density at radius 3 is 2.94 bits per heavy atom. The number of carboxylic acid groups (broad SMARTS) is 1. The maximum atomic E-state index is 10.8. The van der Waals surface area contributed by atoms with E-state index in [9.17, 15) is 9.90 Å². The Kier molecular flexibility index (Phi) is 3.91. The molecule has 2 rings (SSSR count). The van der Waals surface area contributed by atoms with Crippen molar-refractivity contribution in [3.8, 4) is 0 Å². The number of nitrogens with zero attached hydrogens (tertiary/aromatic N) is 3. The molecule has 1 aliphatic rings. The van der Waals surface area contributed by atoms with E-state index in [1.54, 1.807) is 0 Å². The number of fused-ring (bicyclic) bond motifs is 1. The molecular weight excluding hydrogens is 254 g/mol. The normalized spacial score (nSPS) is 18.8. The molecule has 0 amide bonds. The van der Waals surface area contributed by atoms with Crippen LogP contribution >= 0.6 is 11.8 Å². The van der Waals surface area contributed by atoms with Gasteiger partial charge in [-0.05, 0) is 19.8 Å². The van der Waals surface area contributed by atoms with E-state index in [1.807, 2.05) is 4.57 Å². The molecule has 0 aliphatic carbocycles. The lowest BCUT2D eigenvalue weighted by Crippen LogP contribution is -2.37. The summed E-state index contributed by atoms with van der Waals surface area (Å²) in [5, 5.41) is 27.4. The van der Waals surface area contributed by atoms with Crippen LogP contribution in [-0.4, -0.2) is 42.3 Å². The molecule has 0 fully saturated rings. The summed E-state index contributed by atoms with van der Waals surface area (Å²) in [6.07, 6.45) is 4.31. The van der Waals surface area contributed by atoms with Crippen LogP contribution < -0.4 is 0 Å². The molecule has 0 spiro atoms. The van der Waals surface area contributed by atoms with Gasteiger partial charge in [0.2, 0.25) is 0 Å². The Morgan fingerprint density at radius 1 is 1.44 bits per heavy atom. The molecule has 0 radical (unpaired) electrons. The lowest BCUT2D eigenvalue weighted by atomic mass is 10.1. The summed E-state index contributed by atoms with van der Waals surface area (Å²) in [5.41, 5.74) is -1.73. The van der Waals surface area contributed by atoms with E-state index in [0.29, 0.717) is 5.16 Å². The molecule has 6 nitrogen and oxygen atoms in total. The van der Waals surface area contributed by atoms with Gasteiger partial charge in [-0.1, -0.05) is 18.2 Å². The maximum Gasteiger partial charge on any atom is 0.336 e. The van der Waals surface area contributed by atoms with E-state index in [0.717, 1.165) is 31.6 Å². The highest BCUT2D eigenvalue weighted by Crippen LogP contribution is 2.24. The molecule has 0 aromatic carbocycles. The second-order valence-corrected chi connectivity index (χ2v) is 5.67. The zero-order valence-corrected chi connectivity index (χ0v) is 11.1. The van der Waals surface area contributed by atoms with Crippen LogP contribution in [0, 0.1) is 0 Å². The van der Waals surface area contributed by atoms with Crippen LogP contribution in [0.15, 0.2) is 5.16 Å². The van der Waals surface area contributed by atoms with Gasteiger partial charge < -0.3 is 14.8 Å². The summed E-state index contributed by atoms with van der Waals surface area (Å²) in [4.78, 5) is 10.8. The Labute approximate surface area is 109 Å².